The molecule has 0 amide bonds. The predicted molar refractivity (Wildman–Crippen MR) is 73.4 cm³/mol. The molecular weight excluding hydrogens is 280 g/mol. The molecule has 0 aliphatic rings. The molecule has 2 aromatic heterocycles. The first-order chi connectivity index (χ1) is 9.61. The zero-order valence-corrected chi connectivity index (χ0v) is 11.9. The van der Waals surface area contributed by atoms with E-state index in [1.165, 1.54) is 0 Å². The molecule has 0 atom stereocenters. The van der Waals surface area contributed by atoms with E-state index in [1.54, 1.807) is 23.8 Å². The Morgan fingerprint density at radius 2 is 2.25 bits per heavy atom. The third-order valence-electron chi connectivity index (χ3n) is 2.39. The molecule has 0 aliphatic carbocycles. The van der Waals surface area contributed by atoms with Crippen LogP contribution < -0.4 is 4.74 Å². The Kier molecular flexibility index (Phi) is 4.57. The Morgan fingerprint density at radius 1 is 1.45 bits per heavy atom. The molecule has 7 nitrogen and oxygen atoms in total. The lowest BCUT2D eigenvalue weighted by Gasteiger charge is -2.08. The van der Waals surface area contributed by atoms with Crippen LogP contribution in [0, 0.1) is 6.92 Å². The average molecular weight is 294 g/mol. The SMILES string of the molecule is CCOc1ccc(-n2c(C)nnc2SCC(=O)O)cn1. The molecule has 0 aromatic carbocycles. The maximum Gasteiger partial charge on any atom is 0.313 e. The molecule has 0 spiro atoms. The van der Waals surface area contributed by atoms with E-state index in [1.807, 2.05) is 13.0 Å². The van der Waals surface area contributed by atoms with Crippen molar-refractivity contribution in [1.29, 1.82) is 0 Å². The van der Waals surface area contributed by atoms with Crippen LogP contribution in [0.5, 0.6) is 5.88 Å². The minimum atomic E-state index is -0.896. The van der Waals surface area contributed by atoms with Crippen LogP contribution >= 0.6 is 11.8 Å². The highest BCUT2D eigenvalue weighted by molar-refractivity contribution is 7.99. The molecule has 106 valence electrons. The third kappa shape index (κ3) is 3.27. The number of hydrogen-bond donors (Lipinski definition) is 1. The van der Waals surface area contributed by atoms with Crippen LogP contribution in [0.3, 0.4) is 0 Å². The third-order valence-corrected chi connectivity index (χ3v) is 3.30. The molecule has 2 heterocycles. The summed E-state index contributed by atoms with van der Waals surface area (Å²) in [6.45, 7) is 4.24. The number of carboxylic acids is 1. The maximum absolute atomic E-state index is 10.6. The molecule has 0 unspecified atom stereocenters. The Bertz CT molecular complexity index is 597. The monoisotopic (exact) mass is 294 g/mol. The number of thioether (sulfide) groups is 1. The van der Waals surface area contributed by atoms with E-state index in [2.05, 4.69) is 15.2 Å². The van der Waals surface area contributed by atoms with E-state index >= 15 is 0 Å². The van der Waals surface area contributed by atoms with E-state index in [-0.39, 0.29) is 5.75 Å². The Labute approximate surface area is 120 Å². The molecule has 0 saturated heterocycles. The highest BCUT2D eigenvalue weighted by Gasteiger charge is 2.13. The van der Waals surface area contributed by atoms with Crippen LogP contribution in [0.15, 0.2) is 23.5 Å². The first-order valence-electron chi connectivity index (χ1n) is 5.97. The van der Waals surface area contributed by atoms with Gasteiger partial charge in [-0.1, -0.05) is 11.8 Å². The number of aromatic nitrogens is 4. The summed E-state index contributed by atoms with van der Waals surface area (Å²) in [7, 11) is 0. The van der Waals surface area contributed by atoms with Crippen molar-refractivity contribution in [2.75, 3.05) is 12.4 Å². The lowest BCUT2D eigenvalue weighted by Crippen LogP contribution is -2.03. The van der Waals surface area contributed by atoms with Gasteiger partial charge in [-0.2, -0.15) is 0 Å². The molecule has 0 aliphatic heterocycles. The molecule has 0 radical (unpaired) electrons. The van der Waals surface area contributed by atoms with E-state index in [9.17, 15) is 4.79 Å². The van der Waals surface area contributed by atoms with Crippen molar-refractivity contribution in [3.05, 3.63) is 24.2 Å². The Hall–Kier alpha value is -2.09. The minimum Gasteiger partial charge on any atom is -0.481 e. The van der Waals surface area contributed by atoms with Gasteiger partial charge in [0.25, 0.3) is 0 Å². The summed E-state index contributed by atoms with van der Waals surface area (Å²) in [4.78, 5) is 14.8. The van der Waals surface area contributed by atoms with Crippen LogP contribution in [-0.2, 0) is 4.79 Å². The zero-order chi connectivity index (χ0) is 14.5. The van der Waals surface area contributed by atoms with Crippen molar-refractivity contribution in [2.24, 2.45) is 0 Å². The average Bonchev–Trinajstić information content (AvgIpc) is 2.79. The van der Waals surface area contributed by atoms with Gasteiger partial charge in [-0.25, -0.2) is 4.98 Å². The molecule has 2 rings (SSSR count). The first-order valence-corrected chi connectivity index (χ1v) is 6.96. The molecule has 0 fully saturated rings. The van der Waals surface area contributed by atoms with E-state index in [0.29, 0.717) is 23.5 Å². The van der Waals surface area contributed by atoms with Gasteiger partial charge in [0, 0.05) is 6.07 Å². The fourth-order valence-corrected chi connectivity index (χ4v) is 2.32. The summed E-state index contributed by atoms with van der Waals surface area (Å²) in [6, 6.07) is 3.59. The largest absolute Gasteiger partial charge is 0.481 e. The first kappa shape index (κ1) is 14.3. The summed E-state index contributed by atoms with van der Waals surface area (Å²) in [6.07, 6.45) is 1.65. The highest BCUT2D eigenvalue weighted by Crippen LogP contribution is 2.22. The minimum absolute atomic E-state index is 0.0669. The summed E-state index contributed by atoms with van der Waals surface area (Å²) >= 11 is 1.12. The normalized spacial score (nSPS) is 10.5. The summed E-state index contributed by atoms with van der Waals surface area (Å²) < 4.78 is 7.04. The van der Waals surface area contributed by atoms with Crippen molar-refractivity contribution in [2.45, 2.75) is 19.0 Å². The summed E-state index contributed by atoms with van der Waals surface area (Å²) in [5, 5.41) is 17.2. The number of aryl methyl sites for hydroxylation is 1. The molecule has 20 heavy (non-hydrogen) atoms. The van der Waals surface area contributed by atoms with Gasteiger partial charge in [0.15, 0.2) is 5.16 Å². The van der Waals surface area contributed by atoms with Gasteiger partial charge < -0.3 is 9.84 Å². The summed E-state index contributed by atoms with van der Waals surface area (Å²) in [5.74, 6) is 0.250. The fourth-order valence-electron chi connectivity index (χ4n) is 1.60. The summed E-state index contributed by atoms with van der Waals surface area (Å²) in [5.41, 5.74) is 0.767. The zero-order valence-electron chi connectivity index (χ0n) is 11.1. The molecule has 1 N–H and O–H groups in total. The Morgan fingerprint density at radius 3 is 2.85 bits per heavy atom. The fraction of sp³-hybridized carbons (Fsp3) is 0.333. The lowest BCUT2D eigenvalue weighted by atomic mass is 10.4. The molecule has 0 bridgehead atoms. The number of hydrogen-bond acceptors (Lipinski definition) is 6. The van der Waals surface area contributed by atoms with Gasteiger partial charge in [-0.05, 0) is 19.9 Å². The van der Waals surface area contributed by atoms with Crippen molar-refractivity contribution in [3.8, 4) is 11.6 Å². The number of carbonyl (C=O) groups is 1. The van der Waals surface area contributed by atoms with Crippen molar-refractivity contribution in [1.82, 2.24) is 19.7 Å². The predicted octanol–water partition coefficient (Wildman–Crippen LogP) is 1.55. The van der Waals surface area contributed by atoms with Crippen molar-refractivity contribution < 1.29 is 14.6 Å². The second-order valence-corrected chi connectivity index (χ2v) is 4.78. The standard InChI is InChI=1S/C12H14N4O3S/c1-3-19-10-5-4-9(6-13-10)16-8(2)14-15-12(16)20-7-11(17)18/h4-6H,3,7H2,1-2H3,(H,17,18). The van der Waals surface area contributed by atoms with Crippen LogP contribution in [0.1, 0.15) is 12.7 Å². The smallest absolute Gasteiger partial charge is 0.313 e. The van der Waals surface area contributed by atoms with Crippen LogP contribution in [-0.4, -0.2) is 43.2 Å². The van der Waals surface area contributed by atoms with Gasteiger partial charge in [0.05, 0.1) is 24.2 Å². The number of rotatable bonds is 6. The van der Waals surface area contributed by atoms with E-state index in [0.717, 1.165) is 17.4 Å². The second-order valence-electron chi connectivity index (χ2n) is 3.84. The van der Waals surface area contributed by atoms with E-state index in [4.69, 9.17) is 9.84 Å². The van der Waals surface area contributed by atoms with Crippen LogP contribution in [0.2, 0.25) is 0 Å². The number of aliphatic carboxylic acids is 1. The van der Waals surface area contributed by atoms with Gasteiger partial charge in [0.2, 0.25) is 5.88 Å². The van der Waals surface area contributed by atoms with Crippen LogP contribution in [0.4, 0.5) is 0 Å². The quantitative estimate of drug-likeness (QED) is 0.808. The highest BCUT2D eigenvalue weighted by atomic mass is 32.2. The molecule has 8 heteroatoms. The van der Waals surface area contributed by atoms with E-state index < -0.39 is 5.97 Å². The van der Waals surface area contributed by atoms with Gasteiger partial charge in [-0.3, -0.25) is 9.36 Å². The second kappa shape index (κ2) is 6.38. The molecule has 0 saturated carbocycles. The van der Waals surface area contributed by atoms with Gasteiger partial charge in [-0.15, -0.1) is 10.2 Å². The van der Waals surface area contributed by atoms with Crippen molar-refractivity contribution in [3.63, 3.8) is 0 Å². The topological polar surface area (TPSA) is 90.1 Å². The number of ether oxygens (including phenoxy) is 1. The lowest BCUT2D eigenvalue weighted by molar-refractivity contribution is -0.133. The van der Waals surface area contributed by atoms with Gasteiger partial charge in [0.1, 0.15) is 5.82 Å². The van der Waals surface area contributed by atoms with Gasteiger partial charge >= 0.3 is 5.97 Å². The number of pyridine rings is 1. The molecule has 2 aromatic rings. The Balaban J connectivity index is 2.26. The van der Waals surface area contributed by atoms with Crippen LogP contribution in [0.25, 0.3) is 5.69 Å². The molecular formula is C12H14N4O3S. The number of carboxylic acid groups (broad SMARTS) is 1. The number of nitrogens with zero attached hydrogens (tertiary/aromatic N) is 4. The van der Waals surface area contributed by atoms with Crippen molar-refractivity contribution >= 4 is 17.7 Å². The maximum atomic E-state index is 10.6.